The molecule has 0 aliphatic carbocycles. The van der Waals surface area contributed by atoms with Crippen molar-refractivity contribution < 1.29 is 19.8 Å². The molecule has 0 bridgehead atoms. The van der Waals surface area contributed by atoms with Crippen molar-refractivity contribution in [3.05, 3.63) is 42.1 Å². The SMILES string of the molecule is CC(C)C[C@H](NC(=O)O)C(=O)NC1CCCN(Cc2ccc3ccccc3n2)CC1O. The van der Waals surface area contributed by atoms with Crippen LogP contribution in [0.25, 0.3) is 10.9 Å². The number of carbonyl (C=O) groups excluding carboxylic acids is 1. The van der Waals surface area contributed by atoms with Gasteiger partial charge < -0.3 is 20.8 Å². The fraction of sp³-hybridized carbons (Fsp3) is 0.522. The Morgan fingerprint density at radius 1 is 1.23 bits per heavy atom. The van der Waals surface area contributed by atoms with Crippen LogP contribution in [0.3, 0.4) is 0 Å². The molecule has 1 aromatic carbocycles. The second kappa shape index (κ2) is 10.5. The Bertz CT molecular complexity index is 904. The Labute approximate surface area is 182 Å². The lowest BCUT2D eigenvalue weighted by Crippen LogP contribution is -2.53. The van der Waals surface area contributed by atoms with E-state index in [1.165, 1.54) is 0 Å². The van der Waals surface area contributed by atoms with Crippen LogP contribution < -0.4 is 10.6 Å². The van der Waals surface area contributed by atoms with Gasteiger partial charge in [-0.05, 0) is 43.9 Å². The third-order valence-electron chi connectivity index (χ3n) is 5.59. The van der Waals surface area contributed by atoms with E-state index >= 15 is 0 Å². The monoisotopic (exact) mass is 428 g/mol. The van der Waals surface area contributed by atoms with Crippen molar-refractivity contribution in [2.45, 2.75) is 57.8 Å². The number of fused-ring (bicyclic) bond motifs is 1. The largest absolute Gasteiger partial charge is 0.465 e. The Hall–Kier alpha value is -2.71. The number of amides is 2. The van der Waals surface area contributed by atoms with Crippen molar-refractivity contribution in [3.63, 3.8) is 0 Å². The molecule has 2 unspecified atom stereocenters. The zero-order valence-electron chi connectivity index (χ0n) is 18.1. The van der Waals surface area contributed by atoms with Crippen molar-refractivity contribution in [2.75, 3.05) is 13.1 Å². The van der Waals surface area contributed by atoms with Crippen LogP contribution in [-0.4, -0.2) is 63.4 Å². The lowest BCUT2D eigenvalue weighted by atomic mass is 10.0. The Balaban J connectivity index is 1.60. The van der Waals surface area contributed by atoms with Crippen molar-refractivity contribution in [2.24, 2.45) is 5.92 Å². The molecular weight excluding hydrogens is 396 g/mol. The normalized spacial score (nSPS) is 20.9. The van der Waals surface area contributed by atoms with Gasteiger partial charge in [-0.15, -0.1) is 0 Å². The average Bonchev–Trinajstić information content (AvgIpc) is 2.87. The van der Waals surface area contributed by atoms with Crippen LogP contribution in [0.5, 0.6) is 0 Å². The summed E-state index contributed by atoms with van der Waals surface area (Å²) in [5.74, 6) is -0.226. The first kappa shape index (κ1) is 23.0. The molecule has 0 spiro atoms. The van der Waals surface area contributed by atoms with E-state index in [0.29, 0.717) is 25.9 Å². The predicted molar refractivity (Wildman–Crippen MR) is 119 cm³/mol. The van der Waals surface area contributed by atoms with Crippen molar-refractivity contribution >= 4 is 22.9 Å². The summed E-state index contributed by atoms with van der Waals surface area (Å²) < 4.78 is 0. The second-order valence-electron chi connectivity index (χ2n) is 8.69. The third-order valence-corrected chi connectivity index (χ3v) is 5.59. The number of carboxylic acid groups (broad SMARTS) is 1. The number of pyridine rings is 1. The summed E-state index contributed by atoms with van der Waals surface area (Å²) in [6.45, 7) is 5.70. The molecule has 8 nitrogen and oxygen atoms in total. The van der Waals surface area contributed by atoms with Gasteiger partial charge >= 0.3 is 6.09 Å². The third kappa shape index (κ3) is 6.63. The number of para-hydroxylation sites is 1. The number of aliphatic hydroxyl groups is 1. The van der Waals surface area contributed by atoms with Crippen LogP contribution in [0.1, 0.15) is 38.8 Å². The molecule has 1 aromatic heterocycles. The minimum absolute atomic E-state index is 0.159. The molecule has 3 atom stereocenters. The van der Waals surface area contributed by atoms with Crippen LogP contribution in [0.2, 0.25) is 0 Å². The minimum Gasteiger partial charge on any atom is -0.465 e. The smallest absolute Gasteiger partial charge is 0.405 e. The van der Waals surface area contributed by atoms with Crippen molar-refractivity contribution in [1.82, 2.24) is 20.5 Å². The molecule has 0 saturated carbocycles. The summed E-state index contributed by atoms with van der Waals surface area (Å²) in [6, 6.07) is 10.8. The van der Waals surface area contributed by atoms with Crippen molar-refractivity contribution in [1.29, 1.82) is 0 Å². The molecule has 2 amide bonds. The first-order valence-corrected chi connectivity index (χ1v) is 10.9. The van der Waals surface area contributed by atoms with Crippen molar-refractivity contribution in [3.8, 4) is 0 Å². The van der Waals surface area contributed by atoms with Crippen LogP contribution in [0, 0.1) is 5.92 Å². The number of aliphatic hydroxyl groups excluding tert-OH is 1. The van der Waals surface area contributed by atoms with Gasteiger partial charge in [-0.25, -0.2) is 4.79 Å². The number of carbonyl (C=O) groups is 2. The summed E-state index contributed by atoms with van der Waals surface area (Å²) >= 11 is 0. The van der Waals surface area contributed by atoms with E-state index in [9.17, 15) is 14.7 Å². The molecule has 2 aromatic rings. The molecule has 0 radical (unpaired) electrons. The summed E-state index contributed by atoms with van der Waals surface area (Å²) in [5.41, 5.74) is 1.89. The molecule has 2 heterocycles. The zero-order chi connectivity index (χ0) is 22.4. The van der Waals surface area contributed by atoms with E-state index in [1.807, 2.05) is 44.2 Å². The number of hydrogen-bond donors (Lipinski definition) is 4. The summed E-state index contributed by atoms with van der Waals surface area (Å²) in [5, 5.41) is 26.0. The highest BCUT2D eigenvalue weighted by Gasteiger charge is 2.30. The molecule has 1 aliphatic rings. The van der Waals surface area contributed by atoms with E-state index in [0.717, 1.165) is 29.6 Å². The second-order valence-corrected chi connectivity index (χ2v) is 8.69. The van der Waals surface area contributed by atoms with Crippen LogP contribution in [0.4, 0.5) is 4.79 Å². The Morgan fingerprint density at radius 3 is 2.74 bits per heavy atom. The molecule has 1 aliphatic heterocycles. The summed E-state index contributed by atoms with van der Waals surface area (Å²) in [7, 11) is 0. The Morgan fingerprint density at radius 2 is 2.00 bits per heavy atom. The van der Waals surface area contributed by atoms with Gasteiger partial charge in [-0.1, -0.05) is 38.1 Å². The van der Waals surface area contributed by atoms with Crippen LogP contribution in [-0.2, 0) is 11.3 Å². The minimum atomic E-state index is -1.23. The number of nitrogens with one attached hydrogen (secondary N) is 2. The number of aromatic nitrogens is 1. The first-order valence-electron chi connectivity index (χ1n) is 10.9. The molecular formula is C23H32N4O4. The van der Waals surface area contributed by atoms with E-state index in [4.69, 9.17) is 10.1 Å². The molecule has 168 valence electrons. The number of likely N-dealkylation sites (tertiary alicyclic amines) is 1. The topological polar surface area (TPSA) is 115 Å². The molecule has 8 heteroatoms. The summed E-state index contributed by atoms with van der Waals surface area (Å²) in [4.78, 5) is 30.6. The zero-order valence-corrected chi connectivity index (χ0v) is 18.1. The van der Waals surface area contributed by atoms with Gasteiger partial charge in [0.05, 0.1) is 23.4 Å². The highest BCUT2D eigenvalue weighted by Crippen LogP contribution is 2.17. The van der Waals surface area contributed by atoms with Crippen LogP contribution >= 0.6 is 0 Å². The fourth-order valence-electron chi connectivity index (χ4n) is 4.08. The number of nitrogens with zero attached hydrogens (tertiary/aromatic N) is 2. The van der Waals surface area contributed by atoms with Gasteiger partial charge in [0.25, 0.3) is 0 Å². The van der Waals surface area contributed by atoms with Gasteiger partial charge in [-0.2, -0.15) is 0 Å². The highest BCUT2D eigenvalue weighted by molar-refractivity contribution is 5.85. The number of rotatable bonds is 7. The van der Waals surface area contributed by atoms with Crippen LogP contribution in [0.15, 0.2) is 36.4 Å². The molecule has 1 saturated heterocycles. The van der Waals surface area contributed by atoms with E-state index in [2.05, 4.69) is 21.6 Å². The maximum Gasteiger partial charge on any atom is 0.405 e. The maximum atomic E-state index is 12.7. The van der Waals surface area contributed by atoms with Gasteiger partial charge in [0.15, 0.2) is 0 Å². The first-order chi connectivity index (χ1) is 14.8. The molecule has 1 fully saturated rings. The molecule has 4 N–H and O–H groups in total. The van der Waals surface area contributed by atoms with Gasteiger partial charge in [0.2, 0.25) is 5.91 Å². The predicted octanol–water partition coefficient (Wildman–Crippen LogP) is 2.36. The molecule has 3 rings (SSSR count). The van der Waals surface area contributed by atoms with E-state index in [-0.39, 0.29) is 11.8 Å². The van der Waals surface area contributed by atoms with E-state index < -0.39 is 24.3 Å². The number of β-amino-alcohol motifs (C(OH)–C–C–N with tert-alkyl or cyclic N) is 1. The fourth-order valence-corrected chi connectivity index (χ4v) is 4.08. The number of benzene rings is 1. The number of hydrogen-bond acceptors (Lipinski definition) is 5. The van der Waals surface area contributed by atoms with Gasteiger partial charge in [0.1, 0.15) is 6.04 Å². The quantitative estimate of drug-likeness (QED) is 0.538. The van der Waals surface area contributed by atoms with Gasteiger partial charge in [-0.3, -0.25) is 14.7 Å². The lowest BCUT2D eigenvalue weighted by molar-refractivity contribution is -0.125. The molecule has 31 heavy (non-hydrogen) atoms. The highest BCUT2D eigenvalue weighted by atomic mass is 16.4. The average molecular weight is 429 g/mol. The van der Waals surface area contributed by atoms with E-state index in [1.54, 1.807) is 0 Å². The Kier molecular flexibility index (Phi) is 7.81. The van der Waals surface area contributed by atoms with Gasteiger partial charge in [0, 0.05) is 18.5 Å². The maximum absolute atomic E-state index is 12.7. The lowest BCUT2D eigenvalue weighted by Gasteiger charge is -2.27. The summed E-state index contributed by atoms with van der Waals surface area (Å²) in [6.07, 6.45) is -0.110. The standard InChI is InChI=1S/C23H32N4O4/c1-15(2)12-20(26-23(30)31)22(29)25-19-8-5-11-27(14-21(19)28)13-17-10-9-16-6-3-4-7-18(16)24-17/h3-4,6-7,9-10,15,19-21,26,28H,5,8,11-14H2,1-2H3,(H,25,29)(H,30,31)/t19?,20-,21?/m0/s1.